The van der Waals surface area contributed by atoms with Gasteiger partial charge in [-0.3, -0.25) is 0 Å². The van der Waals surface area contributed by atoms with Gasteiger partial charge in [-0.2, -0.15) is 0 Å². The van der Waals surface area contributed by atoms with E-state index in [0.29, 0.717) is 27.8 Å². The minimum absolute atomic E-state index is 0.0390. The van der Waals surface area contributed by atoms with Crippen molar-refractivity contribution in [2.75, 3.05) is 12.8 Å². The molecule has 2 rings (SSSR count). The number of rotatable bonds is 4. The Morgan fingerprint density at radius 3 is 2.68 bits per heavy atom. The van der Waals surface area contributed by atoms with Crippen LogP contribution < -0.4 is 15.2 Å². The summed E-state index contributed by atoms with van der Waals surface area (Å²) in [6.45, 7) is 0.0390. The van der Waals surface area contributed by atoms with Gasteiger partial charge in [-0.05, 0) is 24.3 Å². The molecular formula is C14H13ClFNO2. The predicted octanol–water partition coefficient (Wildman–Crippen LogP) is 3.65. The second kappa shape index (κ2) is 5.80. The van der Waals surface area contributed by atoms with Crippen molar-refractivity contribution < 1.29 is 13.9 Å². The second-order valence-electron chi connectivity index (χ2n) is 3.89. The molecule has 3 nitrogen and oxygen atoms in total. The highest BCUT2D eigenvalue weighted by atomic mass is 35.5. The molecule has 100 valence electrons. The Bertz CT molecular complexity index is 569. The quantitative estimate of drug-likeness (QED) is 0.870. The van der Waals surface area contributed by atoms with Crippen molar-refractivity contribution in [1.29, 1.82) is 0 Å². The first kappa shape index (κ1) is 13.5. The molecule has 0 bridgehead atoms. The van der Waals surface area contributed by atoms with Crippen LogP contribution in [0.3, 0.4) is 0 Å². The largest absolute Gasteiger partial charge is 0.495 e. The van der Waals surface area contributed by atoms with Gasteiger partial charge in [-0.25, -0.2) is 4.39 Å². The Morgan fingerprint density at radius 2 is 2.05 bits per heavy atom. The summed E-state index contributed by atoms with van der Waals surface area (Å²) >= 11 is 5.91. The lowest BCUT2D eigenvalue weighted by Crippen LogP contribution is -2.00. The third-order valence-corrected chi connectivity index (χ3v) is 3.00. The van der Waals surface area contributed by atoms with Gasteiger partial charge in [0.1, 0.15) is 23.9 Å². The molecule has 2 aromatic carbocycles. The van der Waals surface area contributed by atoms with Crippen LogP contribution in [0.15, 0.2) is 36.4 Å². The van der Waals surface area contributed by atoms with E-state index in [1.807, 2.05) is 0 Å². The summed E-state index contributed by atoms with van der Waals surface area (Å²) in [4.78, 5) is 0. The highest BCUT2D eigenvalue weighted by molar-refractivity contribution is 6.31. The first-order valence-corrected chi connectivity index (χ1v) is 5.99. The van der Waals surface area contributed by atoms with Gasteiger partial charge < -0.3 is 15.2 Å². The molecule has 0 saturated heterocycles. The van der Waals surface area contributed by atoms with Gasteiger partial charge in [0.2, 0.25) is 0 Å². The van der Waals surface area contributed by atoms with E-state index in [1.54, 1.807) is 30.3 Å². The van der Waals surface area contributed by atoms with Crippen LogP contribution in [0, 0.1) is 5.82 Å². The molecular weight excluding hydrogens is 269 g/mol. The highest BCUT2D eigenvalue weighted by Gasteiger charge is 2.08. The standard InChI is InChI=1S/C14H13ClFNO2/c1-18-14-6-5-9(7-13(14)17)19-8-10-11(15)3-2-4-12(10)16/h2-7H,8,17H2,1H3. The summed E-state index contributed by atoms with van der Waals surface area (Å²) in [7, 11) is 1.53. The summed E-state index contributed by atoms with van der Waals surface area (Å²) < 4.78 is 24.1. The Morgan fingerprint density at radius 1 is 1.26 bits per heavy atom. The number of hydrogen-bond donors (Lipinski definition) is 1. The average molecular weight is 282 g/mol. The van der Waals surface area contributed by atoms with E-state index in [1.165, 1.54) is 13.2 Å². The maximum absolute atomic E-state index is 13.5. The number of benzene rings is 2. The van der Waals surface area contributed by atoms with E-state index < -0.39 is 5.82 Å². The van der Waals surface area contributed by atoms with Gasteiger partial charge in [-0.15, -0.1) is 0 Å². The van der Waals surface area contributed by atoms with E-state index in [9.17, 15) is 4.39 Å². The lowest BCUT2D eigenvalue weighted by molar-refractivity contribution is 0.299. The van der Waals surface area contributed by atoms with Crippen LogP contribution in [0.1, 0.15) is 5.56 Å². The maximum atomic E-state index is 13.5. The second-order valence-corrected chi connectivity index (χ2v) is 4.30. The number of anilines is 1. The van der Waals surface area contributed by atoms with Crippen LogP contribution in [0.2, 0.25) is 5.02 Å². The fourth-order valence-corrected chi connectivity index (χ4v) is 1.85. The van der Waals surface area contributed by atoms with E-state index in [0.717, 1.165) is 0 Å². The Balaban J connectivity index is 2.13. The predicted molar refractivity (Wildman–Crippen MR) is 73.1 cm³/mol. The Labute approximate surface area is 115 Å². The monoisotopic (exact) mass is 281 g/mol. The number of methoxy groups -OCH3 is 1. The summed E-state index contributed by atoms with van der Waals surface area (Å²) in [5.74, 6) is 0.697. The fraction of sp³-hybridized carbons (Fsp3) is 0.143. The molecule has 2 N–H and O–H groups in total. The van der Waals surface area contributed by atoms with Crippen LogP contribution in [0.25, 0.3) is 0 Å². The molecule has 0 aliphatic heterocycles. The minimum Gasteiger partial charge on any atom is -0.495 e. The van der Waals surface area contributed by atoms with Crippen molar-refractivity contribution in [3.05, 3.63) is 52.8 Å². The van der Waals surface area contributed by atoms with Crippen molar-refractivity contribution in [3.8, 4) is 11.5 Å². The number of nitrogen functional groups attached to an aromatic ring is 1. The SMILES string of the molecule is COc1ccc(OCc2c(F)cccc2Cl)cc1N. The van der Waals surface area contributed by atoms with E-state index in [4.69, 9.17) is 26.8 Å². The number of ether oxygens (including phenoxy) is 2. The lowest BCUT2D eigenvalue weighted by atomic mass is 10.2. The van der Waals surface area contributed by atoms with Crippen molar-refractivity contribution in [2.45, 2.75) is 6.61 Å². The smallest absolute Gasteiger partial charge is 0.142 e. The summed E-state index contributed by atoms with van der Waals surface area (Å²) in [6.07, 6.45) is 0. The zero-order valence-corrected chi connectivity index (χ0v) is 11.1. The third-order valence-electron chi connectivity index (χ3n) is 2.65. The maximum Gasteiger partial charge on any atom is 0.142 e. The molecule has 0 aliphatic carbocycles. The van der Waals surface area contributed by atoms with Crippen molar-refractivity contribution in [2.24, 2.45) is 0 Å². The molecule has 0 heterocycles. The average Bonchev–Trinajstić information content (AvgIpc) is 2.38. The van der Waals surface area contributed by atoms with E-state index in [2.05, 4.69) is 0 Å². The molecule has 0 aliphatic rings. The first-order chi connectivity index (χ1) is 9.11. The van der Waals surface area contributed by atoms with Crippen molar-refractivity contribution in [3.63, 3.8) is 0 Å². The van der Waals surface area contributed by atoms with Crippen LogP contribution in [0.4, 0.5) is 10.1 Å². The number of halogens is 2. The zero-order valence-electron chi connectivity index (χ0n) is 10.3. The van der Waals surface area contributed by atoms with Crippen LogP contribution >= 0.6 is 11.6 Å². The Hall–Kier alpha value is -1.94. The molecule has 0 fully saturated rings. The van der Waals surface area contributed by atoms with Gasteiger partial charge in [0, 0.05) is 11.6 Å². The molecule has 0 unspecified atom stereocenters. The van der Waals surface area contributed by atoms with Gasteiger partial charge in [0.25, 0.3) is 0 Å². The van der Waals surface area contributed by atoms with Crippen LogP contribution in [-0.2, 0) is 6.61 Å². The zero-order chi connectivity index (χ0) is 13.8. The highest BCUT2D eigenvalue weighted by Crippen LogP contribution is 2.27. The van der Waals surface area contributed by atoms with Gasteiger partial charge >= 0.3 is 0 Å². The molecule has 0 atom stereocenters. The van der Waals surface area contributed by atoms with Gasteiger partial charge in [0.05, 0.1) is 17.8 Å². The Kier molecular flexibility index (Phi) is 4.12. The van der Waals surface area contributed by atoms with E-state index >= 15 is 0 Å². The molecule has 0 amide bonds. The fourth-order valence-electron chi connectivity index (χ4n) is 1.63. The number of hydrogen-bond acceptors (Lipinski definition) is 3. The summed E-state index contributed by atoms with van der Waals surface area (Å²) in [5.41, 5.74) is 6.53. The molecule has 19 heavy (non-hydrogen) atoms. The summed E-state index contributed by atoms with van der Waals surface area (Å²) in [6, 6.07) is 9.51. The van der Waals surface area contributed by atoms with Crippen LogP contribution in [0.5, 0.6) is 11.5 Å². The molecule has 0 spiro atoms. The van der Waals surface area contributed by atoms with Crippen molar-refractivity contribution >= 4 is 17.3 Å². The topological polar surface area (TPSA) is 44.5 Å². The lowest BCUT2D eigenvalue weighted by Gasteiger charge is -2.10. The normalized spacial score (nSPS) is 10.3. The number of nitrogens with two attached hydrogens (primary N) is 1. The molecule has 0 saturated carbocycles. The first-order valence-electron chi connectivity index (χ1n) is 5.61. The minimum atomic E-state index is -0.394. The molecule has 0 aromatic heterocycles. The summed E-state index contributed by atoms with van der Waals surface area (Å²) in [5, 5.41) is 0.335. The molecule has 5 heteroatoms. The van der Waals surface area contributed by atoms with Gasteiger partial charge in [0.15, 0.2) is 0 Å². The molecule has 0 radical (unpaired) electrons. The third kappa shape index (κ3) is 3.09. The van der Waals surface area contributed by atoms with Crippen molar-refractivity contribution in [1.82, 2.24) is 0 Å². The van der Waals surface area contributed by atoms with Gasteiger partial charge in [-0.1, -0.05) is 17.7 Å². The van der Waals surface area contributed by atoms with Crippen LogP contribution in [-0.4, -0.2) is 7.11 Å². The molecule has 2 aromatic rings. The van der Waals surface area contributed by atoms with E-state index in [-0.39, 0.29) is 6.61 Å².